The van der Waals surface area contributed by atoms with Crippen LogP contribution in [0.25, 0.3) is 0 Å². The van der Waals surface area contributed by atoms with Gasteiger partial charge in [-0.25, -0.2) is 14.0 Å². The first kappa shape index (κ1) is 27.1. The number of carbonyl (C=O) groups is 2. The van der Waals surface area contributed by atoms with Crippen molar-refractivity contribution in [2.75, 3.05) is 44.2 Å². The molecule has 37 heavy (non-hydrogen) atoms. The lowest BCUT2D eigenvalue weighted by Gasteiger charge is -2.46. The third-order valence-electron chi connectivity index (χ3n) is 8.19. The third kappa shape index (κ3) is 7.29. The number of rotatable bonds is 4. The van der Waals surface area contributed by atoms with Gasteiger partial charge in [-0.15, -0.1) is 0 Å². The van der Waals surface area contributed by atoms with E-state index in [1.54, 1.807) is 12.1 Å². The fourth-order valence-electron chi connectivity index (χ4n) is 6.15. The molecule has 7 nitrogen and oxygen atoms in total. The summed E-state index contributed by atoms with van der Waals surface area (Å²) >= 11 is 0. The molecule has 0 radical (unpaired) electrons. The molecule has 1 aliphatic carbocycles. The zero-order chi connectivity index (χ0) is 26.2. The van der Waals surface area contributed by atoms with Gasteiger partial charge < -0.3 is 20.0 Å². The Balaban J connectivity index is 0.000000480. The number of nitrogens with zero attached hydrogens (tertiary/aromatic N) is 3. The summed E-state index contributed by atoms with van der Waals surface area (Å²) in [5.41, 5.74) is 2.30. The lowest BCUT2D eigenvalue weighted by atomic mass is 9.81. The van der Waals surface area contributed by atoms with Gasteiger partial charge in [0.15, 0.2) is 0 Å². The minimum atomic E-state index is -1.82. The Bertz CT molecular complexity index is 1000. The summed E-state index contributed by atoms with van der Waals surface area (Å²) in [6.45, 7) is 6.48. The Kier molecular flexibility index (Phi) is 9.52. The van der Waals surface area contributed by atoms with Gasteiger partial charge in [0.2, 0.25) is 0 Å². The first-order valence-electron chi connectivity index (χ1n) is 13.4. The van der Waals surface area contributed by atoms with Gasteiger partial charge in [-0.2, -0.15) is 0 Å². The van der Waals surface area contributed by atoms with Crippen LogP contribution in [-0.4, -0.2) is 83.3 Å². The van der Waals surface area contributed by atoms with E-state index in [2.05, 4.69) is 45.0 Å². The number of piperidine rings is 1. The summed E-state index contributed by atoms with van der Waals surface area (Å²) in [6.07, 6.45) is 7.97. The SMILES string of the molecule is Fc1ccccc1N1CCN(C2CCN(C3CCC(c4ccccc4)CC3)CC2)CC1.O=C(O)C(=O)O. The molecule has 0 bridgehead atoms. The molecule has 0 unspecified atom stereocenters. The quantitative estimate of drug-likeness (QED) is 0.593. The van der Waals surface area contributed by atoms with Crippen molar-refractivity contribution in [3.8, 4) is 0 Å². The Morgan fingerprint density at radius 2 is 1.16 bits per heavy atom. The van der Waals surface area contributed by atoms with Crippen LogP contribution >= 0.6 is 0 Å². The molecular weight excluding hydrogens is 473 g/mol. The van der Waals surface area contributed by atoms with E-state index in [1.165, 1.54) is 57.2 Å². The van der Waals surface area contributed by atoms with Crippen LogP contribution in [0.4, 0.5) is 10.1 Å². The monoisotopic (exact) mass is 511 g/mol. The summed E-state index contributed by atoms with van der Waals surface area (Å²) in [5.74, 6) is -2.98. The zero-order valence-electron chi connectivity index (χ0n) is 21.3. The molecular formula is C29H38FN3O4. The first-order chi connectivity index (χ1) is 17.9. The molecule has 3 aliphatic rings. The molecule has 0 amide bonds. The second-order valence-corrected chi connectivity index (χ2v) is 10.3. The van der Waals surface area contributed by atoms with Crippen molar-refractivity contribution >= 4 is 17.6 Å². The summed E-state index contributed by atoms with van der Waals surface area (Å²) in [6, 6.07) is 19.8. The average molecular weight is 512 g/mol. The fourth-order valence-corrected chi connectivity index (χ4v) is 6.15. The first-order valence-corrected chi connectivity index (χ1v) is 13.4. The smallest absolute Gasteiger partial charge is 0.414 e. The molecule has 2 aromatic carbocycles. The maximum atomic E-state index is 14.1. The molecule has 2 heterocycles. The molecule has 0 aromatic heterocycles. The van der Waals surface area contributed by atoms with Crippen LogP contribution in [-0.2, 0) is 9.59 Å². The Morgan fingerprint density at radius 3 is 1.73 bits per heavy atom. The van der Waals surface area contributed by atoms with E-state index in [-0.39, 0.29) is 5.82 Å². The Morgan fingerprint density at radius 1 is 0.649 bits per heavy atom. The average Bonchev–Trinajstić information content (AvgIpc) is 2.94. The zero-order valence-corrected chi connectivity index (χ0v) is 21.3. The fraction of sp³-hybridized carbons (Fsp3) is 0.517. The third-order valence-corrected chi connectivity index (χ3v) is 8.19. The van der Waals surface area contributed by atoms with Crippen LogP contribution in [0.1, 0.15) is 50.0 Å². The summed E-state index contributed by atoms with van der Waals surface area (Å²) in [7, 11) is 0. The van der Waals surface area contributed by atoms with Gasteiger partial charge in [0.25, 0.3) is 0 Å². The van der Waals surface area contributed by atoms with Crippen LogP contribution in [0.5, 0.6) is 0 Å². The highest BCUT2D eigenvalue weighted by Gasteiger charge is 2.32. The van der Waals surface area contributed by atoms with Gasteiger partial charge in [-0.3, -0.25) is 4.90 Å². The number of piperazine rings is 1. The topological polar surface area (TPSA) is 84.3 Å². The molecule has 8 heteroatoms. The van der Waals surface area contributed by atoms with Gasteiger partial charge in [0.05, 0.1) is 5.69 Å². The number of carboxylic acid groups (broad SMARTS) is 2. The van der Waals surface area contributed by atoms with Crippen molar-refractivity contribution < 1.29 is 24.2 Å². The van der Waals surface area contributed by atoms with Gasteiger partial charge in [-0.1, -0.05) is 42.5 Å². The van der Waals surface area contributed by atoms with Gasteiger partial charge in [0, 0.05) is 38.3 Å². The summed E-state index contributed by atoms with van der Waals surface area (Å²) in [4.78, 5) is 25.9. The van der Waals surface area contributed by atoms with E-state index < -0.39 is 11.9 Å². The second-order valence-electron chi connectivity index (χ2n) is 10.3. The number of para-hydroxylation sites is 1. The molecule has 2 aliphatic heterocycles. The number of hydrogen-bond acceptors (Lipinski definition) is 5. The number of halogens is 1. The van der Waals surface area contributed by atoms with Gasteiger partial charge in [0.1, 0.15) is 5.82 Å². The maximum Gasteiger partial charge on any atom is 0.414 e. The molecule has 1 saturated carbocycles. The van der Waals surface area contributed by atoms with E-state index >= 15 is 0 Å². The summed E-state index contributed by atoms with van der Waals surface area (Å²) < 4.78 is 14.1. The molecule has 0 spiro atoms. The number of anilines is 1. The van der Waals surface area contributed by atoms with E-state index in [0.717, 1.165) is 43.8 Å². The van der Waals surface area contributed by atoms with Crippen molar-refractivity contribution in [1.29, 1.82) is 0 Å². The number of aliphatic carboxylic acids is 2. The number of benzene rings is 2. The minimum absolute atomic E-state index is 0.0914. The van der Waals surface area contributed by atoms with Crippen LogP contribution in [0, 0.1) is 5.82 Å². The lowest BCUT2D eigenvalue weighted by Crippen LogP contribution is -2.54. The van der Waals surface area contributed by atoms with Crippen molar-refractivity contribution in [2.24, 2.45) is 0 Å². The molecule has 2 aromatic rings. The molecule has 2 saturated heterocycles. The molecule has 0 atom stereocenters. The normalized spacial score (nSPS) is 23.6. The Hall–Kier alpha value is -2.97. The van der Waals surface area contributed by atoms with Gasteiger partial charge in [-0.05, 0) is 75.2 Å². The highest BCUT2D eigenvalue weighted by molar-refractivity contribution is 6.27. The molecule has 2 N–H and O–H groups in total. The highest BCUT2D eigenvalue weighted by atomic mass is 19.1. The van der Waals surface area contributed by atoms with Crippen molar-refractivity contribution in [2.45, 2.75) is 56.5 Å². The Labute approximate surface area is 218 Å². The molecule has 3 fully saturated rings. The predicted molar refractivity (Wildman–Crippen MR) is 141 cm³/mol. The van der Waals surface area contributed by atoms with E-state index in [0.29, 0.717) is 6.04 Å². The number of carboxylic acids is 2. The maximum absolute atomic E-state index is 14.1. The largest absolute Gasteiger partial charge is 0.473 e. The van der Waals surface area contributed by atoms with Crippen LogP contribution < -0.4 is 4.90 Å². The van der Waals surface area contributed by atoms with E-state index in [4.69, 9.17) is 19.8 Å². The van der Waals surface area contributed by atoms with Crippen LogP contribution in [0.3, 0.4) is 0 Å². The summed E-state index contributed by atoms with van der Waals surface area (Å²) in [5, 5.41) is 14.8. The minimum Gasteiger partial charge on any atom is -0.473 e. The number of likely N-dealkylation sites (tertiary alicyclic amines) is 1. The predicted octanol–water partition coefficient (Wildman–Crippen LogP) is 4.29. The van der Waals surface area contributed by atoms with Gasteiger partial charge >= 0.3 is 11.9 Å². The van der Waals surface area contributed by atoms with Crippen molar-refractivity contribution in [3.05, 3.63) is 66.0 Å². The standard InChI is InChI=1S/C27H36FN3.C2H2O4/c28-26-8-4-5-9-27(26)31-20-18-30(19-21-31)25-14-16-29(17-15-25)24-12-10-23(11-13-24)22-6-2-1-3-7-22;3-1(4)2(5)6/h1-9,23-25H,10-21H2;(H,3,4)(H,5,6). The van der Waals surface area contributed by atoms with E-state index in [9.17, 15) is 4.39 Å². The van der Waals surface area contributed by atoms with E-state index in [1.807, 2.05) is 12.1 Å². The molecule has 200 valence electrons. The van der Waals surface area contributed by atoms with Crippen molar-refractivity contribution in [3.63, 3.8) is 0 Å². The lowest BCUT2D eigenvalue weighted by molar-refractivity contribution is -0.159. The number of hydrogen-bond donors (Lipinski definition) is 2. The highest BCUT2D eigenvalue weighted by Crippen LogP contribution is 2.36. The van der Waals surface area contributed by atoms with Crippen LogP contribution in [0.15, 0.2) is 54.6 Å². The molecule has 5 rings (SSSR count). The second kappa shape index (κ2) is 13.0. The van der Waals surface area contributed by atoms with Crippen LogP contribution in [0.2, 0.25) is 0 Å². The van der Waals surface area contributed by atoms with Crippen molar-refractivity contribution in [1.82, 2.24) is 9.80 Å².